The number of hydrogen-bond acceptors (Lipinski definition) is 0. The van der Waals surface area contributed by atoms with Crippen molar-refractivity contribution in [3.8, 4) is 0 Å². The third-order valence-electron chi connectivity index (χ3n) is 1.82. The van der Waals surface area contributed by atoms with Crippen LogP contribution in [0.1, 0.15) is 34.6 Å². The molecule has 0 unspecified atom stereocenters. The Bertz CT molecular complexity index is 49.6. The van der Waals surface area contributed by atoms with Crippen LogP contribution in [-0.4, -0.2) is 0 Å². The van der Waals surface area contributed by atoms with Gasteiger partial charge in [-0.2, -0.15) is 18.8 Å². The van der Waals surface area contributed by atoms with Gasteiger partial charge in [-0.3, -0.25) is 0 Å². The monoisotopic (exact) mass is 120 g/mol. The Hall–Kier alpha value is 0.597. The van der Waals surface area contributed by atoms with Gasteiger partial charge in [-0.05, 0) is 0 Å². The minimum atomic E-state index is 0. The first-order valence-electron chi connectivity index (χ1n) is 3.39. The van der Waals surface area contributed by atoms with Crippen LogP contribution >= 0.6 is 0 Å². The van der Waals surface area contributed by atoms with Crippen molar-refractivity contribution in [2.75, 3.05) is 0 Å². The van der Waals surface area contributed by atoms with Crippen molar-refractivity contribution in [1.82, 2.24) is 0 Å². The average molecular weight is 120 g/mol. The molecule has 0 saturated heterocycles. The minimum absolute atomic E-state index is 0. The van der Waals surface area contributed by atoms with Crippen LogP contribution in [0.25, 0.3) is 0 Å². The zero-order valence-electron chi connectivity index (χ0n) is 7.65. The summed E-state index contributed by atoms with van der Waals surface area (Å²) in [5, 5.41) is 0. The zero-order chi connectivity index (χ0) is 6.73. The zero-order valence-corrected chi connectivity index (χ0v) is 7.65. The molecule has 0 heterocycles. The van der Waals surface area contributed by atoms with Gasteiger partial charge in [-0.1, -0.05) is 27.7 Å². The van der Waals surface area contributed by atoms with Gasteiger partial charge in [0.25, 0.3) is 0 Å². The first-order valence-corrected chi connectivity index (χ1v) is 3.39. The van der Waals surface area contributed by atoms with E-state index in [1.165, 1.54) is 0 Å². The van der Waals surface area contributed by atoms with Crippen LogP contribution in [0.4, 0.5) is 0 Å². The molecule has 1 heteroatoms. The van der Waals surface area contributed by atoms with E-state index in [0.717, 1.165) is 11.8 Å². The summed E-state index contributed by atoms with van der Waals surface area (Å²) in [5.41, 5.74) is 0. The van der Waals surface area contributed by atoms with E-state index >= 15 is 0 Å². The summed E-state index contributed by atoms with van der Waals surface area (Å²) in [6.45, 7) is 11.2. The van der Waals surface area contributed by atoms with E-state index in [1.54, 1.807) is 5.92 Å². The molecule has 0 atom stereocenters. The topological polar surface area (TPSA) is 0 Å². The summed E-state index contributed by atoms with van der Waals surface area (Å²) >= 11 is 0. The Morgan fingerprint density at radius 2 is 1.11 bits per heavy atom. The normalized spacial score (nSPS) is 10.7. The minimum Gasteiger partial charge on any atom is -0.312 e. The second-order valence-electron chi connectivity index (χ2n) is 3.05. The molecular weight excluding hydrogens is 103 g/mol. The van der Waals surface area contributed by atoms with Crippen molar-refractivity contribution < 1.29 is 18.9 Å². The van der Waals surface area contributed by atoms with Crippen molar-refractivity contribution in [3.05, 3.63) is 5.92 Å². The molecule has 0 radical (unpaired) electrons. The number of hydrogen-bond donors (Lipinski definition) is 0. The van der Waals surface area contributed by atoms with Crippen LogP contribution in [-0.2, 0) is 0 Å². The van der Waals surface area contributed by atoms with E-state index in [4.69, 9.17) is 0 Å². The van der Waals surface area contributed by atoms with Gasteiger partial charge in [0.15, 0.2) is 0 Å². The fourth-order valence-electron chi connectivity index (χ4n) is 0.667. The Morgan fingerprint density at radius 1 is 0.889 bits per heavy atom. The van der Waals surface area contributed by atoms with Gasteiger partial charge in [0, 0.05) is 0 Å². The van der Waals surface area contributed by atoms with Crippen LogP contribution in [0.15, 0.2) is 0 Å². The van der Waals surface area contributed by atoms with E-state index < -0.39 is 0 Å². The van der Waals surface area contributed by atoms with E-state index in [-0.39, 0.29) is 18.9 Å². The summed E-state index contributed by atoms with van der Waals surface area (Å²) in [6, 6.07) is 0. The van der Waals surface area contributed by atoms with Gasteiger partial charge in [-0.25, -0.2) is 0 Å². The molecule has 0 nitrogen and oxygen atoms in total. The van der Waals surface area contributed by atoms with E-state index in [2.05, 4.69) is 34.6 Å². The average Bonchev–Trinajstić information content (AvgIpc) is 1.64. The molecule has 0 spiro atoms. The predicted octanol–water partition coefficient (Wildman–Crippen LogP) is -0.103. The SMILES string of the molecule is C[C-](C(C)C)C(C)C.[Li+]. The fraction of sp³-hybridized carbons (Fsp3) is 0.875. The maximum atomic E-state index is 2.25. The van der Waals surface area contributed by atoms with Gasteiger partial charge < -0.3 is 5.92 Å². The van der Waals surface area contributed by atoms with Crippen molar-refractivity contribution in [2.24, 2.45) is 11.8 Å². The number of rotatable bonds is 2. The molecule has 0 aromatic heterocycles. The second kappa shape index (κ2) is 5.39. The maximum absolute atomic E-state index is 2.25. The molecule has 0 aromatic rings. The molecule has 0 rings (SSSR count). The van der Waals surface area contributed by atoms with Crippen LogP contribution in [0.3, 0.4) is 0 Å². The Morgan fingerprint density at radius 3 is 1.11 bits per heavy atom. The molecule has 0 N–H and O–H groups in total. The van der Waals surface area contributed by atoms with Gasteiger partial charge >= 0.3 is 18.9 Å². The van der Waals surface area contributed by atoms with Crippen LogP contribution in [0.2, 0.25) is 0 Å². The van der Waals surface area contributed by atoms with Crippen molar-refractivity contribution in [3.63, 3.8) is 0 Å². The molecular formula is C8H17Li. The molecule has 0 aliphatic carbocycles. The molecule has 0 aliphatic heterocycles. The molecule has 50 valence electrons. The first kappa shape index (κ1) is 12.3. The molecule has 0 bridgehead atoms. The molecule has 0 aliphatic rings. The quantitative estimate of drug-likeness (QED) is 0.352. The Balaban J connectivity index is 0. The van der Waals surface area contributed by atoms with Gasteiger partial charge in [0.2, 0.25) is 0 Å². The van der Waals surface area contributed by atoms with Gasteiger partial charge in [-0.15, -0.1) is 0 Å². The largest absolute Gasteiger partial charge is 1.00 e. The molecule has 0 amide bonds. The molecule has 0 saturated carbocycles. The van der Waals surface area contributed by atoms with Crippen LogP contribution < -0.4 is 18.9 Å². The van der Waals surface area contributed by atoms with E-state index in [9.17, 15) is 0 Å². The third-order valence-corrected chi connectivity index (χ3v) is 1.82. The Kier molecular flexibility index (Phi) is 7.36. The van der Waals surface area contributed by atoms with Crippen LogP contribution in [0.5, 0.6) is 0 Å². The smallest absolute Gasteiger partial charge is 0.312 e. The summed E-state index contributed by atoms with van der Waals surface area (Å²) in [4.78, 5) is 0. The van der Waals surface area contributed by atoms with Gasteiger partial charge in [0.05, 0.1) is 0 Å². The second-order valence-corrected chi connectivity index (χ2v) is 3.05. The predicted molar refractivity (Wildman–Crippen MR) is 38.6 cm³/mol. The summed E-state index contributed by atoms with van der Waals surface area (Å²) in [7, 11) is 0. The molecule has 0 fully saturated rings. The Labute approximate surface area is 71.6 Å². The standard InChI is InChI=1S/C8H17.Li/c1-6(2)8(5)7(3)4;/h6-7H,1-5H3;/q-1;+1. The summed E-state index contributed by atoms with van der Waals surface area (Å²) < 4.78 is 0. The fourth-order valence-corrected chi connectivity index (χ4v) is 0.667. The van der Waals surface area contributed by atoms with E-state index in [0.29, 0.717) is 0 Å². The molecule has 9 heavy (non-hydrogen) atoms. The van der Waals surface area contributed by atoms with Crippen molar-refractivity contribution in [1.29, 1.82) is 0 Å². The summed E-state index contributed by atoms with van der Waals surface area (Å²) in [5.74, 6) is 3.12. The maximum Gasteiger partial charge on any atom is 1.00 e. The van der Waals surface area contributed by atoms with Crippen molar-refractivity contribution >= 4 is 0 Å². The summed E-state index contributed by atoms with van der Waals surface area (Å²) in [6.07, 6.45) is 0. The van der Waals surface area contributed by atoms with Crippen LogP contribution in [0, 0.1) is 17.8 Å². The van der Waals surface area contributed by atoms with Gasteiger partial charge in [0.1, 0.15) is 0 Å². The van der Waals surface area contributed by atoms with E-state index in [1.807, 2.05) is 0 Å². The third kappa shape index (κ3) is 5.06. The molecule has 0 aromatic carbocycles. The van der Waals surface area contributed by atoms with Crippen molar-refractivity contribution in [2.45, 2.75) is 34.6 Å². The first-order chi connectivity index (χ1) is 3.55.